The zero-order valence-corrected chi connectivity index (χ0v) is 12.7. The number of halogens is 4. The van der Waals surface area contributed by atoms with E-state index in [1.807, 2.05) is 0 Å². The van der Waals surface area contributed by atoms with Gasteiger partial charge in [0.1, 0.15) is 10.7 Å². The number of benzene rings is 1. The predicted octanol–water partition coefficient (Wildman–Crippen LogP) is 2.63. The molecule has 1 aromatic carbocycles. The fourth-order valence-electron chi connectivity index (χ4n) is 1.81. The summed E-state index contributed by atoms with van der Waals surface area (Å²) in [5, 5.41) is 8.92. The van der Waals surface area contributed by atoms with E-state index in [4.69, 9.17) is 5.11 Å². The molecule has 0 aliphatic rings. The zero-order chi connectivity index (χ0) is 17.0. The van der Waals surface area contributed by atoms with Crippen molar-refractivity contribution in [1.29, 1.82) is 0 Å². The van der Waals surface area contributed by atoms with Crippen LogP contribution in [-0.2, 0) is 16.2 Å². The van der Waals surface area contributed by atoms with Gasteiger partial charge in [0.25, 0.3) is 0 Å². The summed E-state index contributed by atoms with van der Waals surface area (Å²) in [6, 6.07) is 1.24. The van der Waals surface area contributed by atoms with Gasteiger partial charge in [0, 0.05) is 13.1 Å². The Morgan fingerprint density at radius 2 is 1.86 bits per heavy atom. The van der Waals surface area contributed by atoms with Crippen molar-refractivity contribution in [1.82, 2.24) is 4.31 Å². The molecule has 9 heteroatoms. The molecule has 0 radical (unpaired) electrons. The molecule has 0 saturated carbocycles. The van der Waals surface area contributed by atoms with Crippen LogP contribution in [0, 0.1) is 5.82 Å². The van der Waals surface area contributed by atoms with Crippen molar-refractivity contribution in [3.8, 4) is 0 Å². The summed E-state index contributed by atoms with van der Waals surface area (Å²) < 4.78 is 77.2. The Hall–Kier alpha value is -1.19. The van der Waals surface area contributed by atoms with Gasteiger partial charge in [-0.25, -0.2) is 12.8 Å². The molecular weight excluding hydrogens is 326 g/mol. The molecule has 0 saturated heterocycles. The van der Waals surface area contributed by atoms with Crippen LogP contribution in [0.3, 0.4) is 0 Å². The summed E-state index contributed by atoms with van der Waals surface area (Å²) in [4.78, 5) is -1.04. The number of nitrogens with zero attached hydrogens (tertiary/aromatic N) is 1. The molecule has 0 amide bonds. The lowest BCUT2D eigenvalue weighted by Gasteiger charge is -2.22. The molecule has 0 unspecified atom stereocenters. The third-order valence-corrected chi connectivity index (χ3v) is 4.90. The Kier molecular flexibility index (Phi) is 6.33. The van der Waals surface area contributed by atoms with Gasteiger partial charge in [-0.1, -0.05) is 13.3 Å². The van der Waals surface area contributed by atoms with Crippen LogP contribution in [0.1, 0.15) is 25.3 Å². The summed E-state index contributed by atoms with van der Waals surface area (Å²) in [6.45, 7) is 0.977. The second kappa shape index (κ2) is 7.38. The molecule has 0 fully saturated rings. The lowest BCUT2D eigenvalue weighted by atomic mass is 10.2. The van der Waals surface area contributed by atoms with Crippen molar-refractivity contribution >= 4 is 10.0 Å². The molecule has 0 aromatic heterocycles. The van der Waals surface area contributed by atoms with Gasteiger partial charge in [0.15, 0.2) is 0 Å². The summed E-state index contributed by atoms with van der Waals surface area (Å²) in [7, 11) is -4.45. The molecule has 0 spiro atoms. The van der Waals surface area contributed by atoms with E-state index < -0.39 is 39.1 Å². The molecule has 4 nitrogen and oxygen atoms in total. The lowest BCUT2D eigenvalue weighted by molar-refractivity contribution is -0.137. The normalized spacial score (nSPS) is 12.9. The molecule has 126 valence electrons. The Morgan fingerprint density at radius 3 is 2.36 bits per heavy atom. The van der Waals surface area contributed by atoms with Gasteiger partial charge < -0.3 is 5.11 Å². The Bertz CT molecular complexity index is 602. The standard InChI is InChI=1S/C13H17F4NO3S/c1-2-3-6-18(7-8-19)22(20,21)12-9-10(13(15,16)17)4-5-11(12)14/h4-5,9,19H,2-3,6-8H2,1H3. The van der Waals surface area contributed by atoms with Crippen molar-refractivity contribution in [3.05, 3.63) is 29.6 Å². The molecule has 22 heavy (non-hydrogen) atoms. The molecule has 1 rings (SSSR count). The van der Waals surface area contributed by atoms with Gasteiger partial charge in [-0.2, -0.15) is 17.5 Å². The first-order valence-corrected chi connectivity index (χ1v) is 8.06. The van der Waals surface area contributed by atoms with E-state index in [1.54, 1.807) is 6.92 Å². The highest BCUT2D eigenvalue weighted by molar-refractivity contribution is 7.89. The maximum absolute atomic E-state index is 13.7. The molecule has 0 aliphatic heterocycles. The van der Waals surface area contributed by atoms with Crippen LogP contribution in [0.2, 0.25) is 0 Å². The van der Waals surface area contributed by atoms with E-state index >= 15 is 0 Å². The molecule has 1 aromatic rings. The van der Waals surface area contributed by atoms with Crippen molar-refractivity contribution in [2.45, 2.75) is 30.8 Å². The van der Waals surface area contributed by atoms with E-state index in [1.165, 1.54) is 0 Å². The predicted molar refractivity (Wildman–Crippen MR) is 72.2 cm³/mol. The highest BCUT2D eigenvalue weighted by atomic mass is 32.2. The first-order chi connectivity index (χ1) is 10.1. The Labute approximate surface area is 126 Å². The van der Waals surface area contributed by atoms with Crippen LogP contribution in [0.5, 0.6) is 0 Å². The van der Waals surface area contributed by atoms with E-state index in [0.717, 1.165) is 4.31 Å². The fraction of sp³-hybridized carbons (Fsp3) is 0.538. The van der Waals surface area contributed by atoms with Crippen LogP contribution >= 0.6 is 0 Å². The van der Waals surface area contributed by atoms with Crippen LogP contribution in [0.25, 0.3) is 0 Å². The molecule has 0 heterocycles. The summed E-state index contributed by atoms with van der Waals surface area (Å²) in [5.41, 5.74) is -1.24. The fourth-order valence-corrected chi connectivity index (χ4v) is 3.37. The van der Waals surface area contributed by atoms with Crippen LogP contribution in [0.15, 0.2) is 23.1 Å². The number of hydrogen-bond acceptors (Lipinski definition) is 3. The van der Waals surface area contributed by atoms with E-state index in [2.05, 4.69) is 0 Å². The minimum absolute atomic E-state index is 0.00488. The second-order valence-corrected chi connectivity index (χ2v) is 6.53. The SMILES string of the molecule is CCCCN(CCO)S(=O)(=O)c1cc(C(F)(F)F)ccc1F. The van der Waals surface area contributed by atoms with Crippen molar-refractivity contribution in [3.63, 3.8) is 0 Å². The Morgan fingerprint density at radius 1 is 1.23 bits per heavy atom. The van der Waals surface area contributed by atoms with Crippen LogP contribution in [0.4, 0.5) is 17.6 Å². The minimum Gasteiger partial charge on any atom is -0.395 e. The summed E-state index contributed by atoms with van der Waals surface area (Å²) in [6.07, 6.45) is -3.69. The number of rotatable bonds is 7. The van der Waals surface area contributed by atoms with Crippen molar-refractivity contribution < 1.29 is 31.1 Å². The first-order valence-electron chi connectivity index (χ1n) is 6.62. The highest BCUT2D eigenvalue weighted by Crippen LogP contribution is 2.32. The molecule has 1 N–H and O–H groups in total. The Balaban J connectivity index is 3.30. The topological polar surface area (TPSA) is 57.6 Å². The van der Waals surface area contributed by atoms with Crippen LogP contribution in [-0.4, -0.2) is 37.5 Å². The molecule has 0 aliphatic carbocycles. The average molecular weight is 343 g/mol. The molecule has 0 atom stereocenters. The van der Waals surface area contributed by atoms with E-state index in [-0.39, 0.29) is 19.2 Å². The number of aliphatic hydroxyl groups excluding tert-OH is 1. The van der Waals surface area contributed by atoms with Crippen molar-refractivity contribution in [2.24, 2.45) is 0 Å². The number of unbranched alkanes of at least 4 members (excludes halogenated alkanes) is 1. The third kappa shape index (κ3) is 4.40. The number of sulfonamides is 1. The second-order valence-electron chi connectivity index (χ2n) is 4.62. The number of alkyl halides is 3. The number of hydrogen-bond donors (Lipinski definition) is 1. The van der Waals surface area contributed by atoms with Gasteiger partial charge in [-0.3, -0.25) is 0 Å². The molecular formula is C13H17F4NO3S. The number of aliphatic hydroxyl groups is 1. The lowest BCUT2D eigenvalue weighted by Crippen LogP contribution is -2.35. The quantitative estimate of drug-likeness (QED) is 0.775. The maximum Gasteiger partial charge on any atom is 0.416 e. The maximum atomic E-state index is 13.7. The summed E-state index contributed by atoms with van der Waals surface area (Å²) in [5.74, 6) is -1.26. The smallest absolute Gasteiger partial charge is 0.395 e. The van der Waals surface area contributed by atoms with Gasteiger partial charge in [0.2, 0.25) is 10.0 Å². The third-order valence-electron chi connectivity index (χ3n) is 2.99. The summed E-state index contributed by atoms with van der Waals surface area (Å²) >= 11 is 0. The van der Waals surface area contributed by atoms with Gasteiger partial charge in [-0.15, -0.1) is 0 Å². The van der Waals surface area contributed by atoms with Gasteiger partial charge >= 0.3 is 6.18 Å². The van der Waals surface area contributed by atoms with E-state index in [0.29, 0.717) is 25.0 Å². The first kappa shape index (κ1) is 18.9. The van der Waals surface area contributed by atoms with E-state index in [9.17, 15) is 26.0 Å². The molecule has 0 bridgehead atoms. The van der Waals surface area contributed by atoms with Gasteiger partial charge in [0.05, 0.1) is 12.2 Å². The zero-order valence-electron chi connectivity index (χ0n) is 11.9. The largest absolute Gasteiger partial charge is 0.416 e. The van der Waals surface area contributed by atoms with Gasteiger partial charge in [-0.05, 0) is 24.6 Å². The highest BCUT2D eigenvalue weighted by Gasteiger charge is 2.34. The average Bonchev–Trinajstić information content (AvgIpc) is 2.42. The van der Waals surface area contributed by atoms with Crippen molar-refractivity contribution in [2.75, 3.05) is 19.7 Å². The monoisotopic (exact) mass is 343 g/mol. The minimum atomic E-state index is -4.77. The van der Waals surface area contributed by atoms with Crippen LogP contribution < -0.4 is 0 Å².